The Hall–Kier alpha value is -4.58. The summed E-state index contributed by atoms with van der Waals surface area (Å²) in [6, 6.07) is 23.6. The van der Waals surface area contributed by atoms with Gasteiger partial charge in [0.05, 0.1) is 33.2 Å². The first-order valence-corrected chi connectivity index (χ1v) is 16.0. The minimum absolute atomic E-state index is 0.0662. The Morgan fingerprint density at radius 1 is 0.933 bits per heavy atom. The van der Waals surface area contributed by atoms with Crippen molar-refractivity contribution in [2.75, 3.05) is 10.8 Å². The molecule has 5 rings (SSSR count). The van der Waals surface area contributed by atoms with Crippen molar-refractivity contribution in [3.63, 3.8) is 0 Å². The number of hydrazone groups is 1. The lowest BCUT2D eigenvalue weighted by atomic mass is 10.2. The highest BCUT2D eigenvalue weighted by atomic mass is 35.5. The summed E-state index contributed by atoms with van der Waals surface area (Å²) < 4.78 is 33.5. The molecule has 1 N–H and O–H groups in total. The Labute approximate surface area is 270 Å². The maximum atomic E-state index is 13.9. The molecular weight excluding hydrogens is 635 g/mol. The zero-order chi connectivity index (χ0) is 32.5. The Morgan fingerprint density at radius 3 is 2.22 bits per heavy atom. The summed E-state index contributed by atoms with van der Waals surface area (Å²) >= 11 is 12.5. The number of carbonyl (C=O) groups excluding carboxylic acids is 1. The fraction of sp³-hybridized carbons (Fsp3) is 0.156. The molecule has 0 spiro atoms. The number of para-hydroxylation sites is 1. The van der Waals surface area contributed by atoms with E-state index in [2.05, 4.69) is 10.5 Å². The van der Waals surface area contributed by atoms with E-state index in [-0.39, 0.29) is 10.6 Å². The van der Waals surface area contributed by atoms with Crippen LogP contribution < -0.4 is 15.3 Å². The van der Waals surface area contributed by atoms with Gasteiger partial charge in [0.2, 0.25) is 0 Å². The van der Waals surface area contributed by atoms with Crippen LogP contribution >= 0.6 is 23.2 Å². The average Bonchev–Trinajstić information content (AvgIpc) is 3.41. The number of aromatic nitrogens is 3. The van der Waals surface area contributed by atoms with Crippen LogP contribution in [0.25, 0.3) is 11.4 Å². The molecule has 0 fully saturated rings. The van der Waals surface area contributed by atoms with Crippen molar-refractivity contribution < 1.29 is 13.2 Å². The topological polar surface area (TPSA) is 111 Å². The molecule has 232 valence electrons. The summed E-state index contributed by atoms with van der Waals surface area (Å²) in [7, 11) is -2.68. The van der Waals surface area contributed by atoms with E-state index in [1.165, 1.54) is 23.0 Å². The largest absolute Gasteiger partial charge is 0.316 e. The third kappa shape index (κ3) is 6.19. The molecule has 5 aromatic rings. The van der Waals surface area contributed by atoms with E-state index in [9.17, 15) is 18.0 Å². The van der Waals surface area contributed by atoms with Crippen LogP contribution in [-0.4, -0.2) is 41.0 Å². The zero-order valence-corrected chi connectivity index (χ0v) is 27.2. The fourth-order valence-corrected chi connectivity index (χ4v) is 7.12. The van der Waals surface area contributed by atoms with Crippen LogP contribution in [0.15, 0.2) is 99.7 Å². The van der Waals surface area contributed by atoms with E-state index in [4.69, 9.17) is 23.2 Å². The second kappa shape index (κ2) is 12.8. The quantitative estimate of drug-likeness (QED) is 0.165. The highest BCUT2D eigenvalue weighted by molar-refractivity contribution is 7.92. The smallest absolute Gasteiger partial charge is 0.296 e. The van der Waals surface area contributed by atoms with Gasteiger partial charge >= 0.3 is 0 Å². The summed E-state index contributed by atoms with van der Waals surface area (Å²) in [5, 5.41) is 5.09. The molecule has 45 heavy (non-hydrogen) atoms. The summed E-state index contributed by atoms with van der Waals surface area (Å²) in [4.78, 5) is 27.0. The lowest BCUT2D eigenvalue weighted by Crippen LogP contribution is -2.42. The molecule has 0 aliphatic heterocycles. The Bertz CT molecular complexity index is 2090. The van der Waals surface area contributed by atoms with E-state index >= 15 is 0 Å². The SMILES string of the molecule is Cc1cc(/C=N\NC(=O)CN(c2c(C)n(C)n(-c3ccccc3)c2=O)S(=O)(=O)c2ccccc2)c(C)n1-c1ccc(Cl)cc1Cl. The van der Waals surface area contributed by atoms with Crippen LogP contribution in [-0.2, 0) is 21.9 Å². The molecule has 0 radical (unpaired) electrons. The summed E-state index contributed by atoms with van der Waals surface area (Å²) in [6.45, 7) is 4.72. The lowest BCUT2D eigenvalue weighted by molar-refractivity contribution is -0.119. The first kappa shape index (κ1) is 31.8. The van der Waals surface area contributed by atoms with Crippen molar-refractivity contribution in [1.82, 2.24) is 19.4 Å². The Kier molecular flexibility index (Phi) is 9.06. The Balaban J connectivity index is 1.47. The fourth-order valence-electron chi connectivity index (χ4n) is 5.14. The summed E-state index contributed by atoms with van der Waals surface area (Å²) in [6.07, 6.45) is 1.47. The van der Waals surface area contributed by atoms with Crippen LogP contribution in [0.3, 0.4) is 0 Å². The number of carbonyl (C=O) groups is 1. The van der Waals surface area contributed by atoms with Gasteiger partial charge in [-0.15, -0.1) is 0 Å². The highest BCUT2D eigenvalue weighted by Crippen LogP contribution is 2.29. The molecule has 0 aliphatic rings. The lowest BCUT2D eigenvalue weighted by Gasteiger charge is -2.22. The molecule has 10 nitrogen and oxygen atoms in total. The van der Waals surface area contributed by atoms with Crippen LogP contribution in [0.5, 0.6) is 0 Å². The van der Waals surface area contributed by atoms with Crippen molar-refractivity contribution in [2.45, 2.75) is 25.7 Å². The molecule has 0 saturated heterocycles. The number of nitrogens with zero attached hydrogens (tertiary/aromatic N) is 5. The van der Waals surface area contributed by atoms with Gasteiger partial charge in [0.15, 0.2) is 0 Å². The number of hydrogen-bond donors (Lipinski definition) is 1. The molecule has 13 heteroatoms. The number of anilines is 1. The number of halogens is 2. The number of aryl methyl sites for hydroxylation is 1. The molecular formula is C32H30Cl2N6O4S. The van der Waals surface area contributed by atoms with Gasteiger partial charge in [0.25, 0.3) is 21.5 Å². The van der Waals surface area contributed by atoms with Crippen LogP contribution in [0.1, 0.15) is 22.6 Å². The van der Waals surface area contributed by atoms with Crippen molar-refractivity contribution >= 4 is 51.0 Å². The number of nitrogens with one attached hydrogen (secondary N) is 1. The highest BCUT2D eigenvalue weighted by Gasteiger charge is 2.33. The van der Waals surface area contributed by atoms with Gasteiger partial charge in [0, 0.05) is 29.0 Å². The number of benzene rings is 3. The molecule has 0 saturated carbocycles. The van der Waals surface area contributed by atoms with E-state index in [1.807, 2.05) is 36.6 Å². The number of rotatable bonds is 9. The summed E-state index contributed by atoms with van der Waals surface area (Å²) in [5.41, 5.74) is 5.70. The Morgan fingerprint density at radius 2 is 1.58 bits per heavy atom. The normalized spacial score (nSPS) is 11.7. The maximum absolute atomic E-state index is 13.9. The van der Waals surface area contributed by atoms with Crippen molar-refractivity contribution in [3.05, 3.63) is 128 Å². The first-order chi connectivity index (χ1) is 21.4. The number of sulfonamides is 1. The minimum atomic E-state index is -4.34. The first-order valence-electron chi connectivity index (χ1n) is 13.8. The van der Waals surface area contributed by atoms with Gasteiger partial charge in [-0.05, 0) is 69.3 Å². The molecule has 0 aliphatic carbocycles. The maximum Gasteiger partial charge on any atom is 0.296 e. The predicted octanol–water partition coefficient (Wildman–Crippen LogP) is 5.54. The second-order valence-electron chi connectivity index (χ2n) is 10.3. The molecule has 2 heterocycles. The van der Waals surface area contributed by atoms with Crippen LogP contribution in [0.2, 0.25) is 10.0 Å². The van der Waals surface area contributed by atoms with E-state index < -0.39 is 28.0 Å². The van der Waals surface area contributed by atoms with E-state index in [1.54, 1.807) is 73.3 Å². The van der Waals surface area contributed by atoms with Gasteiger partial charge in [-0.2, -0.15) is 5.10 Å². The van der Waals surface area contributed by atoms with Gasteiger partial charge in [-0.1, -0.05) is 59.6 Å². The molecule has 0 atom stereocenters. The standard InChI is InChI=1S/C32H30Cl2N6O4S/c1-21-17-24(22(2)39(21)29-16-15-25(33)18-28(29)34)19-35-36-30(41)20-38(45(43,44)27-13-9-6-10-14-27)31-23(3)37(4)40(32(31)42)26-11-7-5-8-12-26/h5-19H,20H2,1-4H3,(H,36,41)/b35-19-. The van der Waals surface area contributed by atoms with Gasteiger partial charge in [0.1, 0.15) is 12.2 Å². The predicted molar refractivity (Wildman–Crippen MR) is 178 cm³/mol. The average molecular weight is 666 g/mol. The van der Waals surface area contributed by atoms with Crippen LogP contribution in [0.4, 0.5) is 5.69 Å². The van der Waals surface area contributed by atoms with Gasteiger partial charge in [-0.25, -0.2) is 22.8 Å². The number of amides is 1. The second-order valence-corrected chi connectivity index (χ2v) is 13.0. The third-order valence-corrected chi connectivity index (χ3v) is 9.70. The third-order valence-electron chi connectivity index (χ3n) is 7.41. The van der Waals surface area contributed by atoms with Crippen molar-refractivity contribution in [1.29, 1.82) is 0 Å². The van der Waals surface area contributed by atoms with Gasteiger partial charge < -0.3 is 4.57 Å². The molecule has 3 aromatic carbocycles. The van der Waals surface area contributed by atoms with Crippen molar-refractivity contribution in [3.8, 4) is 11.4 Å². The zero-order valence-electron chi connectivity index (χ0n) is 24.9. The van der Waals surface area contributed by atoms with Crippen LogP contribution in [0, 0.1) is 20.8 Å². The summed E-state index contributed by atoms with van der Waals surface area (Å²) in [5.74, 6) is -0.741. The molecule has 0 bridgehead atoms. The van der Waals surface area contributed by atoms with E-state index in [0.29, 0.717) is 27.0 Å². The monoisotopic (exact) mass is 664 g/mol. The molecule has 1 amide bonds. The van der Waals surface area contributed by atoms with Crippen molar-refractivity contribution in [2.24, 2.45) is 12.1 Å². The minimum Gasteiger partial charge on any atom is -0.316 e. The number of hydrogen-bond acceptors (Lipinski definition) is 5. The molecule has 2 aromatic heterocycles. The molecule has 0 unspecified atom stereocenters. The van der Waals surface area contributed by atoms with Gasteiger partial charge in [-0.3, -0.25) is 14.3 Å². The van der Waals surface area contributed by atoms with E-state index in [0.717, 1.165) is 21.4 Å².